The summed E-state index contributed by atoms with van der Waals surface area (Å²) in [5.74, 6) is 0. The maximum absolute atomic E-state index is 12.3. The van der Waals surface area contributed by atoms with Gasteiger partial charge in [-0.1, -0.05) is 51.1 Å². The third-order valence-electron chi connectivity index (χ3n) is 6.14. The Hall–Kier alpha value is -1.41. The molecular formula is C21H33NO5Si. The summed E-state index contributed by atoms with van der Waals surface area (Å²) in [6.45, 7) is 11.2. The zero-order valence-corrected chi connectivity index (χ0v) is 18.5. The topological polar surface area (TPSA) is 80.3 Å². The Morgan fingerprint density at radius 3 is 2.54 bits per heavy atom. The van der Waals surface area contributed by atoms with Gasteiger partial charge in [0.15, 0.2) is 8.32 Å². The van der Waals surface area contributed by atoms with Crippen LogP contribution in [0.15, 0.2) is 30.3 Å². The summed E-state index contributed by atoms with van der Waals surface area (Å²) in [4.78, 5) is 12.3. The van der Waals surface area contributed by atoms with Gasteiger partial charge in [0, 0.05) is 12.5 Å². The van der Waals surface area contributed by atoms with Crippen LogP contribution in [0.2, 0.25) is 18.1 Å². The number of carbonyl (C=O) groups is 1. The highest BCUT2D eigenvalue weighted by molar-refractivity contribution is 6.74. The molecule has 1 aromatic carbocycles. The minimum absolute atomic E-state index is 0.0845. The summed E-state index contributed by atoms with van der Waals surface area (Å²) in [5.41, 5.74) is 0.939. The first-order valence-electron chi connectivity index (χ1n) is 10.1. The number of epoxide rings is 1. The molecule has 1 saturated heterocycles. The van der Waals surface area contributed by atoms with Gasteiger partial charge in [-0.15, -0.1) is 0 Å². The van der Waals surface area contributed by atoms with Crippen molar-refractivity contribution in [2.24, 2.45) is 0 Å². The monoisotopic (exact) mass is 407 g/mol. The number of aliphatic hydroxyl groups excluding tert-OH is 1. The number of amides is 1. The molecule has 2 N–H and O–H groups in total. The zero-order valence-electron chi connectivity index (χ0n) is 17.5. The highest BCUT2D eigenvalue weighted by atomic mass is 28.4. The summed E-state index contributed by atoms with van der Waals surface area (Å²) in [6, 6.07) is 9.36. The number of fused-ring (bicyclic) bond motifs is 1. The van der Waals surface area contributed by atoms with Crippen molar-refractivity contribution in [3.8, 4) is 0 Å². The third kappa shape index (κ3) is 5.14. The van der Waals surface area contributed by atoms with Crippen LogP contribution in [0.5, 0.6) is 0 Å². The molecule has 2 fully saturated rings. The number of nitrogens with one attached hydrogen (secondary N) is 1. The first-order chi connectivity index (χ1) is 13.1. The van der Waals surface area contributed by atoms with Gasteiger partial charge >= 0.3 is 6.09 Å². The van der Waals surface area contributed by atoms with Crippen LogP contribution in [-0.4, -0.2) is 50.0 Å². The summed E-state index contributed by atoms with van der Waals surface area (Å²) < 4.78 is 17.5. The van der Waals surface area contributed by atoms with Crippen molar-refractivity contribution in [3.63, 3.8) is 0 Å². The fourth-order valence-electron chi connectivity index (χ4n) is 3.43. The predicted molar refractivity (Wildman–Crippen MR) is 110 cm³/mol. The Bertz CT molecular complexity index is 675. The van der Waals surface area contributed by atoms with Gasteiger partial charge in [-0.3, -0.25) is 0 Å². The molecule has 1 saturated carbocycles. The molecule has 1 aliphatic heterocycles. The molecule has 0 spiro atoms. The second-order valence-electron chi connectivity index (χ2n) is 9.42. The SMILES string of the molecule is CC(C)(C)[Si](C)(C)O[C@@H]1C[C@@H](O)[C@H]2O[C@H]2[C@@H](NC(=O)OCc2ccccc2)C1. The number of benzene rings is 1. The van der Waals surface area contributed by atoms with Gasteiger partial charge in [0.05, 0.1) is 12.1 Å². The van der Waals surface area contributed by atoms with E-state index in [1.165, 1.54) is 0 Å². The Kier molecular flexibility index (Phi) is 6.19. The number of hydrogen-bond donors (Lipinski definition) is 2. The molecule has 156 valence electrons. The van der Waals surface area contributed by atoms with Crippen molar-refractivity contribution in [2.75, 3.05) is 0 Å². The van der Waals surface area contributed by atoms with Gasteiger partial charge in [-0.25, -0.2) is 4.79 Å². The van der Waals surface area contributed by atoms with Crippen molar-refractivity contribution in [1.29, 1.82) is 0 Å². The van der Waals surface area contributed by atoms with Crippen LogP contribution in [0.25, 0.3) is 0 Å². The predicted octanol–water partition coefficient (Wildman–Crippen LogP) is 3.59. The molecule has 28 heavy (non-hydrogen) atoms. The van der Waals surface area contributed by atoms with Gasteiger partial charge < -0.3 is 24.3 Å². The van der Waals surface area contributed by atoms with E-state index in [-0.39, 0.29) is 36.0 Å². The minimum atomic E-state index is -1.98. The van der Waals surface area contributed by atoms with E-state index in [9.17, 15) is 9.90 Å². The Morgan fingerprint density at radius 2 is 1.89 bits per heavy atom. The Balaban J connectivity index is 1.59. The molecule has 7 heteroatoms. The van der Waals surface area contributed by atoms with Crippen LogP contribution in [0, 0.1) is 0 Å². The maximum atomic E-state index is 12.3. The lowest BCUT2D eigenvalue weighted by atomic mass is 10.1. The van der Waals surface area contributed by atoms with E-state index < -0.39 is 20.5 Å². The largest absolute Gasteiger partial charge is 0.445 e. The van der Waals surface area contributed by atoms with E-state index in [0.29, 0.717) is 12.8 Å². The van der Waals surface area contributed by atoms with Crippen LogP contribution in [-0.2, 0) is 20.5 Å². The first kappa shape index (κ1) is 21.3. The molecule has 0 bridgehead atoms. The summed E-state index contributed by atoms with van der Waals surface area (Å²) in [7, 11) is -1.98. The zero-order chi connectivity index (χ0) is 20.5. The first-order valence-corrected chi connectivity index (χ1v) is 13.0. The van der Waals surface area contributed by atoms with Gasteiger partial charge in [0.1, 0.15) is 18.8 Å². The van der Waals surface area contributed by atoms with E-state index in [2.05, 4.69) is 39.2 Å². The molecule has 0 unspecified atom stereocenters. The standard InChI is InChI=1S/C21H33NO5Si/c1-21(2,3)28(4,5)27-15-11-16(18-19(26-18)17(23)12-15)22-20(24)25-13-14-9-7-6-8-10-14/h6-10,15-19,23H,11-13H2,1-5H3,(H,22,24)/t15-,16-,17+,18-,19+/m0/s1. The van der Waals surface area contributed by atoms with Crippen LogP contribution in [0.1, 0.15) is 39.2 Å². The number of alkyl carbamates (subject to hydrolysis) is 1. The number of hydrogen-bond acceptors (Lipinski definition) is 5. The van der Waals surface area contributed by atoms with Crippen molar-refractivity contribution >= 4 is 14.4 Å². The average molecular weight is 408 g/mol. The van der Waals surface area contributed by atoms with Crippen LogP contribution in [0.3, 0.4) is 0 Å². The quantitative estimate of drug-likeness (QED) is 0.576. The van der Waals surface area contributed by atoms with E-state index >= 15 is 0 Å². The number of carbonyl (C=O) groups excluding carboxylic acids is 1. The van der Waals surface area contributed by atoms with Gasteiger partial charge in [-0.05, 0) is 30.1 Å². The third-order valence-corrected chi connectivity index (χ3v) is 10.7. The number of rotatable bonds is 5. The number of aliphatic hydroxyl groups is 1. The summed E-state index contributed by atoms with van der Waals surface area (Å²) in [5, 5.41) is 13.5. The van der Waals surface area contributed by atoms with Crippen molar-refractivity contribution in [2.45, 2.75) is 88.8 Å². The van der Waals surface area contributed by atoms with Crippen molar-refractivity contribution < 1.29 is 23.8 Å². The molecule has 1 aliphatic carbocycles. The molecule has 1 aromatic rings. The van der Waals surface area contributed by atoms with E-state index in [1.54, 1.807) is 0 Å². The van der Waals surface area contributed by atoms with Crippen LogP contribution in [0.4, 0.5) is 4.79 Å². The molecular weight excluding hydrogens is 374 g/mol. The van der Waals surface area contributed by atoms with Crippen LogP contribution < -0.4 is 5.32 Å². The lowest BCUT2D eigenvalue weighted by Gasteiger charge is -2.40. The minimum Gasteiger partial charge on any atom is -0.445 e. The summed E-state index contributed by atoms with van der Waals surface area (Å²) >= 11 is 0. The summed E-state index contributed by atoms with van der Waals surface area (Å²) in [6.07, 6.45) is -0.389. The van der Waals surface area contributed by atoms with Crippen LogP contribution >= 0.6 is 0 Å². The molecule has 1 heterocycles. The molecule has 2 aliphatic rings. The second kappa shape index (κ2) is 8.14. The van der Waals surface area contributed by atoms with E-state index in [1.807, 2.05) is 30.3 Å². The normalized spacial score (nSPS) is 30.1. The lowest BCUT2D eigenvalue weighted by Crippen LogP contribution is -2.47. The van der Waals surface area contributed by atoms with Crippen molar-refractivity contribution in [3.05, 3.63) is 35.9 Å². The molecule has 6 nitrogen and oxygen atoms in total. The molecule has 0 radical (unpaired) electrons. The number of ether oxygens (including phenoxy) is 2. The molecule has 1 amide bonds. The highest BCUT2D eigenvalue weighted by Gasteiger charge is 2.54. The molecule has 0 aromatic heterocycles. The van der Waals surface area contributed by atoms with Gasteiger partial charge in [0.25, 0.3) is 0 Å². The highest BCUT2D eigenvalue weighted by Crippen LogP contribution is 2.41. The lowest BCUT2D eigenvalue weighted by molar-refractivity contribution is 0.0569. The molecule has 5 atom stereocenters. The fourth-order valence-corrected chi connectivity index (χ4v) is 4.81. The van der Waals surface area contributed by atoms with Gasteiger partial charge in [0.2, 0.25) is 0 Å². The smallest absolute Gasteiger partial charge is 0.407 e. The average Bonchev–Trinajstić information content (AvgIpc) is 3.40. The Labute approximate surface area is 168 Å². The van der Waals surface area contributed by atoms with E-state index in [4.69, 9.17) is 13.9 Å². The maximum Gasteiger partial charge on any atom is 0.407 e. The fraction of sp³-hybridized carbons (Fsp3) is 0.667. The van der Waals surface area contributed by atoms with Gasteiger partial charge in [-0.2, -0.15) is 0 Å². The Morgan fingerprint density at radius 1 is 1.21 bits per heavy atom. The van der Waals surface area contributed by atoms with E-state index in [0.717, 1.165) is 5.56 Å². The molecule has 3 rings (SSSR count). The van der Waals surface area contributed by atoms with Crippen molar-refractivity contribution in [1.82, 2.24) is 5.32 Å². The second-order valence-corrected chi connectivity index (χ2v) is 14.2.